The predicted octanol–water partition coefficient (Wildman–Crippen LogP) is 5.56. The third-order valence-electron chi connectivity index (χ3n) is 4.05. The van der Waals surface area contributed by atoms with E-state index < -0.39 is 5.97 Å². The second-order valence-electron chi connectivity index (χ2n) is 5.86. The number of rotatable bonds is 3. The summed E-state index contributed by atoms with van der Waals surface area (Å²) in [7, 11) is 0. The second-order valence-corrected chi connectivity index (χ2v) is 6.70. The highest BCUT2D eigenvalue weighted by molar-refractivity contribution is 6.35. The monoisotopic (exact) mass is 388 g/mol. The Kier molecular flexibility index (Phi) is 4.13. The van der Waals surface area contributed by atoms with Crippen molar-refractivity contribution in [3.8, 4) is 5.69 Å². The topological polar surface area (TPSA) is 57.3 Å². The fourth-order valence-corrected chi connectivity index (χ4v) is 3.41. The van der Waals surface area contributed by atoms with Crippen LogP contribution in [0, 0.1) is 6.92 Å². The van der Waals surface area contributed by atoms with E-state index in [1.54, 1.807) is 29.8 Å². The lowest BCUT2D eigenvalue weighted by atomic mass is 10.2. The van der Waals surface area contributed by atoms with E-state index >= 15 is 0 Å². The molecule has 0 saturated carbocycles. The Morgan fingerprint density at radius 1 is 1.23 bits per heavy atom. The van der Waals surface area contributed by atoms with Crippen LogP contribution in [0.1, 0.15) is 23.0 Å². The first kappa shape index (κ1) is 16.9. The molecule has 0 aliphatic heterocycles. The second kappa shape index (κ2) is 6.34. The van der Waals surface area contributed by atoms with E-state index in [1.165, 1.54) is 0 Å². The van der Waals surface area contributed by atoms with Crippen molar-refractivity contribution >= 4 is 51.2 Å². The van der Waals surface area contributed by atoms with E-state index in [-0.39, 0.29) is 12.3 Å². The van der Waals surface area contributed by atoms with Crippen molar-refractivity contribution in [2.24, 2.45) is 0 Å². The number of fused-ring (bicyclic) bond motifs is 3. The molecule has 0 aliphatic rings. The van der Waals surface area contributed by atoms with Gasteiger partial charge < -0.3 is 9.15 Å². The molecule has 0 fully saturated rings. The Morgan fingerprint density at radius 3 is 2.77 bits per heavy atom. The highest BCUT2D eigenvalue weighted by atomic mass is 35.5. The Labute approximate surface area is 159 Å². The summed E-state index contributed by atoms with van der Waals surface area (Å²) in [6.07, 6.45) is 0. The van der Waals surface area contributed by atoms with E-state index in [4.69, 9.17) is 32.4 Å². The van der Waals surface area contributed by atoms with E-state index in [1.807, 2.05) is 25.1 Å². The zero-order valence-corrected chi connectivity index (χ0v) is 15.6. The number of ether oxygens (including phenoxy) is 1. The third-order valence-corrected chi connectivity index (χ3v) is 4.59. The molecule has 4 rings (SSSR count). The Morgan fingerprint density at radius 2 is 2.04 bits per heavy atom. The third kappa shape index (κ3) is 2.64. The molecule has 132 valence electrons. The molecule has 5 nitrogen and oxygen atoms in total. The molecule has 0 unspecified atom stereocenters. The van der Waals surface area contributed by atoms with Gasteiger partial charge in [0, 0.05) is 10.4 Å². The highest BCUT2D eigenvalue weighted by Gasteiger charge is 2.25. The summed E-state index contributed by atoms with van der Waals surface area (Å²) < 4.78 is 12.7. The van der Waals surface area contributed by atoms with E-state index in [9.17, 15) is 4.79 Å². The van der Waals surface area contributed by atoms with Crippen LogP contribution in [0.25, 0.3) is 27.8 Å². The summed E-state index contributed by atoms with van der Waals surface area (Å²) in [6.45, 7) is 3.96. The molecular formula is C19H14Cl2N2O3. The van der Waals surface area contributed by atoms with E-state index in [0.29, 0.717) is 32.4 Å². The summed E-state index contributed by atoms with van der Waals surface area (Å²) in [5.41, 5.74) is 3.46. The number of carbonyl (C=O) groups excluding carboxylic acids is 1. The molecule has 2 heterocycles. The molecule has 0 atom stereocenters. The van der Waals surface area contributed by atoms with Crippen LogP contribution in [0.5, 0.6) is 0 Å². The molecular weight excluding hydrogens is 375 g/mol. The number of hydrogen-bond donors (Lipinski definition) is 0. The molecule has 4 aromatic rings. The number of halogens is 2. The predicted molar refractivity (Wildman–Crippen MR) is 102 cm³/mol. The maximum absolute atomic E-state index is 12.4. The van der Waals surface area contributed by atoms with Gasteiger partial charge in [0.1, 0.15) is 11.1 Å². The molecule has 0 radical (unpaired) electrons. The molecule has 0 aliphatic carbocycles. The lowest BCUT2D eigenvalue weighted by Gasteiger charge is -2.06. The standard InChI is InChI=1S/C19H14Cl2N2O3/c1-3-25-19(24)16-18-17(12-6-4-10(2)8-15(12)26-18)23(22-16)14-7-5-11(20)9-13(14)21/h4-9H,3H2,1-2H3. The fraction of sp³-hybridized carbons (Fsp3) is 0.158. The van der Waals surface area contributed by atoms with Gasteiger partial charge in [-0.1, -0.05) is 29.3 Å². The van der Waals surface area contributed by atoms with Gasteiger partial charge in [-0.15, -0.1) is 0 Å². The van der Waals surface area contributed by atoms with Gasteiger partial charge in [-0.2, -0.15) is 5.10 Å². The number of hydrogen-bond acceptors (Lipinski definition) is 4. The van der Waals surface area contributed by atoms with Crippen LogP contribution in [0.2, 0.25) is 10.0 Å². The molecule has 2 aromatic carbocycles. The number of nitrogens with zero attached hydrogens (tertiary/aromatic N) is 2. The number of esters is 1. The van der Waals surface area contributed by atoms with Crippen molar-refractivity contribution in [1.29, 1.82) is 0 Å². The van der Waals surface area contributed by atoms with Crippen LogP contribution in [-0.4, -0.2) is 22.4 Å². The molecule has 0 spiro atoms. The smallest absolute Gasteiger partial charge is 0.362 e. The average Bonchev–Trinajstić information content (AvgIpc) is 3.12. The molecule has 2 aromatic heterocycles. The van der Waals surface area contributed by atoms with Crippen LogP contribution < -0.4 is 0 Å². The lowest BCUT2D eigenvalue weighted by Crippen LogP contribution is -2.07. The molecule has 0 N–H and O–H groups in total. The molecule has 0 bridgehead atoms. The normalized spacial score (nSPS) is 11.4. The number of furan rings is 1. The van der Waals surface area contributed by atoms with Crippen molar-refractivity contribution in [2.45, 2.75) is 13.8 Å². The van der Waals surface area contributed by atoms with Crippen LogP contribution in [0.3, 0.4) is 0 Å². The fourth-order valence-electron chi connectivity index (χ4n) is 2.92. The van der Waals surface area contributed by atoms with E-state index in [0.717, 1.165) is 10.9 Å². The van der Waals surface area contributed by atoms with Crippen LogP contribution in [0.15, 0.2) is 40.8 Å². The summed E-state index contributed by atoms with van der Waals surface area (Å²) in [4.78, 5) is 12.4. The van der Waals surface area contributed by atoms with Crippen LogP contribution in [-0.2, 0) is 4.74 Å². The Bertz CT molecular complexity index is 1160. The summed E-state index contributed by atoms with van der Waals surface area (Å²) >= 11 is 12.4. The van der Waals surface area contributed by atoms with Crippen LogP contribution in [0.4, 0.5) is 0 Å². The van der Waals surface area contributed by atoms with Gasteiger partial charge in [-0.05, 0) is 49.7 Å². The first-order valence-electron chi connectivity index (χ1n) is 8.04. The van der Waals surface area contributed by atoms with Gasteiger partial charge in [0.2, 0.25) is 5.69 Å². The van der Waals surface area contributed by atoms with Gasteiger partial charge in [-0.25, -0.2) is 9.48 Å². The molecule has 7 heteroatoms. The maximum Gasteiger partial charge on any atom is 0.362 e. The highest BCUT2D eigenvalue weighted by Crippen LogP contribution is 2.35. The minimum atomic E-state index is -0.544. The molecule has 0 amide bonds. The molecule has 26 heavy (non-hydrogen) atoms. The summed E-state index contributed by atoms with van der Waals surface area (Å²) in [5.74, 6) is -0.544. The number of aromatic nitrogens is 2. The van der Waals surface area contributed by atoms with Gasteiger partial charge in [-0.3, -0.25) is 0 Å². The largest absolute Gasteiger partial charge is 0.461 e. The van der Waals surface area contributed by atoms with Crippen molar-refractivity contribution < 1.29 is 13.9 Å². The van der Waals surface area contributed by atoms with Crippen molar-refractivity contribution in [3.05, 3.63) is 57.7 Å². The van der Waals surface area contributed by atoms with Gasteiger partial charge in [0.15, 0.2) is 5.58 Å². The Hall–Kier alpha value is -2.50. The average molecular weight is 389 g/mol. The quantitative estimate of drug-likeness (QED) is 0.430. The maximum atomic E-state index is 12.4. The summed E-state index contributed by atoms with van der Waals surface area (Å²) in [6, 6.07) is 10.9. The molecule has 0 saturated heterocycles. The van der Waals surface area contributed by atoms with E-state index in [2.05, 4.69) is 5.10 Å². The zero-order valence-electron chi connectivity index (χ0n) is 14.0. The van der Waals surface area contributed by atoms with Gasteiger partial charge >= 0.3 is 5.97 Å². The SMILES string of the molecule is CCOC(=O)c1nn(-c2ccc(Cl)cc2Cl)c2c1oc1cc(C)ccc12. The number of benzene rings is 2. The van der Waals surface area contributed by atoms with Crippen LogP contribution >= 0.6 is 23.2 Å². The van der Waals surface area contributed by atoms with Crippen molar-refractivity contribution in [1.82, 2.24) is 9.78 Å². The van der Waals surface area contributed by atoms with Gasteiger partial charge in [0.05, 0.1) is 17.3 Å². The number of carbonyl (C=O) groups is 1. The first-order chi connectivity index (χ1) is 12.5. The summed E-state index contributed by atoms with van der Waals surface area (Å²) in [5, 5.41) is 6.18. The lowest BCUT2D eigenvalue weighted by molar-refractivity contribution is 0.0520. The number of aryl methyl sites for hydroxylation is 1. The minimum absolute atomic E-state index is 0.113. The first-order valence-corrected chi connectivity index (χ1v) is 8.79. The zero-order chi connectivity index (χ0) is 18.4. The Balaban J connectivity index is 2.08. The van der Waals surface area contributed by atoms with Crippen molar-refractivity contribution in [3.63, 3.8) is 0 Å². The minimum Gasteiger partial charge on any atom is -0.461 e. The van der Waals surface area contributed by atoms with Gasteiger partial charge in [0.25, 0.3) is 0 Å². The van der Waals surface area contributed by atoms with Crippen molar-refractivity contribution in [2.75, 3.05) is 6.61 Å².